The second-order valence-electron chi connectivity index (χ2n) is 11.9. The second-order valence-corrected chi connectivity index (χ2v) is 11.9. The molecule has 2 unspecified atom stereocenters. The molecule has 0 saturated heterocycles. The summed E-state index contributed by atoms with van der Waals surface area (Å²) >= 11 is 0. The van der Waals surface area contributed by atoms with Crippen LogP contribution in [0.3, 0.4) is 0 Å². The summed E-state index contributed by atoms with van der Waals surface area (Å²) < 4.78 is 45.4. The van der Waals surface area contributed by atoms with Crippen LogP contribution in [0.1, 0.15) is 68.9 Å². The Bertz CT molecular complexity index is 2260. The van der Waals surface area contributed by atoms with E-state index in [0.29, 0.717) is 23.3 Å². The number of aromatic nitrogens is 2. The fraction of sp³-hybridized carbons (Fsp3) is 0.179. The number of ether oxygens (including phenoxy) is 1. The number of fused-ring (bicyclic) bond motifs is 5. The quantitative estimate of drug-likeness (QED) is 0.0774. The third-order valence-corrected chi connectivity index (χ3v) is 8.81. The SMILES string of the molecule is CCOC(=O)c1cncnc1.Cc1cc2c3c(ccc2c2ccccc12)C(c1cccc(C(F)(F)F)c1)C(=O)CC3c1cccc([N+](=O)[O-])c1. The normalized spacial score (nSPS) is 15.6. The van der Waals surface area contributed by atoms with E-state index >= 15 is 0 Å². The first-order valence-electron chi connectivity index (χ1n) is 15.8. The number of halogens is 3. The van der Waals surface area contributed by atoms with Crippen molar-refractivity contribution in [1.82, 2.24) is 9.97 Å². The molecule has 0 N–H and O–H groups in total. The van der Waals surface area contributed by atoms with Crippen molar-refractivity contribution >= 4 is 39.0 Å². The first-order valence-corrected chi connectivity index (χ1v) is 15.8. The van der Waals surface area contributed by atoms with Gasteiger partial charge < -0.3 is 4.74 Å². The van der Waals surface area contributed by atoms with Crippen LogP contribution in [0, 0.1) is 17.0 Å². The highest BCUT2D eigenvalue weighted by molar-refractivity contribution is 6.11. The number of aryl methyl sites for hydroxylation is 1. The number of ketones is 1. The first-order chi connectivity index (χ1) is 24.0. The number of benzene rings is 5. The minimum Gasteiger partial charge on any atom is -0.462 e. The number of esters is 1. The average molecular weight is 678 g/mol. The lowest BCUT2D eigenvalue weighted by molar-refractivity contribution is -0.384. The van der Waals surface area contributed by atoms with Crippen LogP contribution < -0.4 is 0 Å². The van der Waals surface area contributed by atoms with E-state index in [-0.39, 0.29) is 29.4 Å². The van der Waals surface area contributed by atoms with Gasteiger partial charge in [-0.25, -0.2) is 14.8 Å². The lowest BCUT2D eigenvalue weighted by Crippen LogP contribution is -2.26. The molecular weight excluding hydrogens is 647 g/mol. The highest BCUT2D eigenvalue weighted by Gasteiger charge is 2.38. The van der Waals surface area contributed by atoms with Crippen molar-refractivity contribution in [3.63, 3.8) is 0 Å². The molecule has 0 aliphatic heterocycles. The van der Waals surface area contributed by atoms with Crippen LogP contribution in [0.5, 0.6) is 0 Å². The van der Waals surface area contributed by atoms with Gasteiger partial charge in [0.2, 0.25) is 0 Å². The Morgan fingerprint density at radius 3 is 2.26 bits per heavy atom. The van der Waals surface area contributed by atoms with Crippen molar-refractivity contribution in [3.8, 4) is 0 Å². The minimum absolute atomic E-state index is 0.0140. The van der Waals surface area contributed by atoms with Gasteiger partial charge in [-0.05, 0) is 69.3 Å². The summed E-state index contributed by atoms with van der Waals surface area (Å²) in [5.74, 6) is -1.98. The lowest BCUT2D eigenvalue weighted by atomic mass is 9.69. The van der Waals surface area contributed by atoms with E-state index < -0.39 is 28.5 Å². The Balaban J connectivity index is 0.000000336. The van der Waals surface area contributed by atoms with Crippen LogP contribution in [0.2, 0.25) is 0 Å². The number of rotatable bonds is 5. The number of nitro groups is 1. The van der Waals surface area contributed by atoms with Gasteiger partial charge in [0.25, 0.3) is 5.69 Å². The van der Waals surface area contributed by atoms with Crippen LogP contribution in [-0.2, 0) is 15.7 Å². The van der Waals surface area contributed by atoms with E-state index in [1.807, 2.05) is 43.3 Å². The van der Waals surface area contributed by atoms with E-state index in [9.17, 15) is 32.9 Å². The summed E-state index contributed by atoms with van der Waals surface area (Å²) in [5.41, 5.74) is 2.88. The Labute approximate surface area is 284 Å². The van der Waals surface area contributed by atoms with Crippen molar-refractivity contribution in [2.75, 3.05) is 6.61 Å². The number of carbonyl (C=O) groups is 2. The molecule has 7 rings (SSSR count). The highest BCUT2D eigenvalue weighted by atomic mass is 19.4. The molecule has 0 saturated carbocycles. The van der Waals surface area contributed by atoms with Gasteiger partial charge in [0, 0.05) is 36.9 Å². The average Bonchev–Trinajstić information content (AvgIpc) is 3.11. The molecule has 1 heterocycles. The van der Waals surface area contributed by atoms with Crippen molar-refractivity contribution in [2.24, 2.45) is 0 Å². The summed E-state index contributed by atoms with van der Waals surface area (Å²) in [5, 5.41) is 15.5. The van der Waals surface area contributed by atoms with Crippen LogP contribution >= 0.6 is 0 Å². The van der Waals surface area contributed by atoms with E-state index in [0.717, 1.165) is 44.8 Å². The van der Waals surface area contributed by atoms with E-state index in [1.54, 1.807) is 25.1 Å². The number of hydrogen-bond donors (Lipinski definition) is 0. The molecule has 50 heavy (non-hydrogen) atoms. The molecule has 0 radical (unpaired) electrons. The number of non-ortho nitro benzene ring substituents is 1. The zero-order valence-corrected chi connectivity index (χ0v) is 27.0. The van der Waals surface area contributed by atoms with Gasteiger partial charge in [-0.15, -0.1) is 0 Å². The Morgan fingerprint density at radius 2 is 1.56 bits per heavy atom. The molecular formula is C39H30F3N3O5. The molecule has 6 aromatic rings. The van der Waals surface area contributed by atoms with Gasteiger partial charge >= 0.3 is 12.1 Å². The van der Waals surface area contributed by atoms with E-state index in [4.69, 9.17) is 4.74 Å². The summed E-state index contributed by atoms with van der Waals surface area (Å²) in [6.07, 6.45) is -0.319. The van der Waals surface area contributed by atoms with Crippen molar-refractivity contribution in [2.45, 2.75) is 38.3 Å². The Morgan fingerprint density at radius 1 is 0.880 bits per heavy atom. The van der Waals surface area contributed by atoms with Crippen LogP contribution in [0.15, 0.2) is 110 Å². The molecule has 5 aromatic carbocycles. The maximum Gasteiger partial charge on any atom is 0.416 e. The summed E-state index contributed by atoms with van der Waals surface area (Å²) in [7, 11) is 0. The van der Waals surface area contributed by atoms with Crippen molar-refractivity contribution in [3.05, 3.63) is 159 Å². The highest BCUT2D eigenvalue weighted by Crippen LogP contribution is 2.48. The second kappa shape index (κ2) is 13.9. The van der Waals surface area contributed by atoms with Gasteiger partial charge in [0.1, 0.15) is 12.1 Å². The molecule has 8 nitrogen and oxygen atoms in total. The number of nitrogens with zero attached hydrogens (tertiary/aromatic N) is 3. The molecule has 0 amide bonds. The molecule has 0 fully saturated rings. The van der Waals surface area contributed by atoms with Gasteiger partial charge in [0.05, 0.1) is 28.6 Å². The topological polar surface area (TPSA) is 112 Å². The largest absolute Gasteiger partial charge is 0.462 e. The fourth-order valence-electron chi connectivity index (χ4n) is 6.65. The summed E-state index contributed by atoms with van der Waals surface area (Å²) in [4.78, 5) is 43.1. The summed E-state index contributed by atoms with van der Waals surface area (Å²) in [6.45, 7) is 4.12. The molecule has 252 valence electrons. The molecule has 0 bridgehead atoms. The molecule has 11 heteroatoms. The van der Waals surface area contributed by atoms with Crippen molar-refractivity contribution < 1.29 is 32.4 Å². The van der Waals surface area contributed by atoms with Gasteiger partial charge in [-0.3, -0.25) is 14.9 Å². The van der Waals surface area contributed by atoms with Crippen LogP contribution in [0.4, 0.5) is 18.9 Å². The maximum absolute atomic E-state index is 13.7. The van der Waals surface area contributed by atoms with Gasteiger partial charge in [-0.2, -0.15) is 13.2 Å². The number of Topliss-reactive ketones (excluding diaryl/α,β-unsaturated/α-hetero) is 1. The zero-order valence-electron chi connectivity index (χ0n) is 27.0. The number of alkyl halides is 3. The van der Waals surface area contributed by atoms with Crippen LogP contribution in [-0.4, -0.2) is 33.3 Å². The monoisotopic (exact) mass is 677 g/mol. The number of hydrogen-bond acceptors (Lipinski definition) is 7. The van der Waals surface area contributed by atoms with Gasteiger partial charge in [-0.1, -0.05) is 72.8 Å². The Kier molecular flexibility index (Phi) is 9.41. The molecule has 2 atom stereocenters. The number of carbonyl (C=O) groups excluding carboxylic acids is 2. The zero-order chi connectivity index (χ0) is 35.6. The molecule has 1 aliphatic carbocycles. The predicted molar refractivity (Wildman–Crippen MR) is 182 cm³/mol. The third-order valence-electron chi connectivity index (χ3n) is 8.81. The standard InChI is InChI=1S/C32H22F3NO3.C7H8N2O2/c1-18-14-28-25(24-11-3-2-10-23(18)24)12-13-26-30(20-7-4-8-21(15-20)32(33,34)35)29(37)17-27(31(26)28)19-6-5-9-22(16-19)36(38)39;1-2-11-7(10)6-3-8-5-9-4-6/h2-16,27,30H,17H2,1H3;3-5H,2H2,1H3. The van der Waals surface area contributed by atoms with Gasteiger partial charge in [0.15, 0.2) is 0 Å². The molecule has 1 aromatic heterocycles. The molecule has 1 aliphatic rings. The van der Waals surface area contributed by atoms with E-state index in [2.05, 4.69) is 16.0 Å². The lowest BCUT2D eigenvalue weighted by Gasteiger charge is -2.33. The maximum atomic E-state index is 13.7. The Hall–Kier alpha value is -5.97. The number of nitro benzene ring substituents is 1. The summed E-state index contributed by atoms with van der Waals surface area (Å²) in [6, 6.07) is 25.0. The van der Waals surface area contributed by atoms with E-state index in [1.165, 1.54) is 36.9 Å². The van der Waals surface area contributed by atoms with Crippen molar-refractivity contribution in [1.29, 1.82) is 0 Å². The smallest absolute Gasteiger partial charge is 0.416 e. The minimum atomic E-state index is -4.54. The first kappa shape index (κ1) is 33.9. The third kappa shape index (κ3) is 6.67. The fourth-order valence-corrected chi connectivity index (χ4v) is 6.65. The van der Waals surface area contributed by atoms with Crippen LogP contribution in [0.25, 0.3) is 21.5 Å². The predicted octanol–water partition coefficient (Wildman–Crippen LogP) is 9.12. The molecule has 0 spiro atoms.